The summed E-state index contributed by atoms with van der Waals surface area (Å²) in [5, 5.41) is 21.7. The van der Waals surface area contributed by atoms with Crippen LogP contribution in [0.1, 0.15) is 80.7 Å². The number of ether oxygens (including phenoxy) is 1. The second kappa shape index (κ2) is 21.9. The molecule has 1 aromatic rings. The average Bonchev–Trinajstić information content (AvgIpc) is 3.17. The van der Waals surface area contributed by atoms with Crippen molar-refractivity contribution in [3.8, 4) is 0 Å². The minimum atomic E-state index is -1.13. The van der Waals surface area contributed by atoms with Crippen LogP contribution in [0.3, 0.4) is 0 Å². The molecule has 310 valence electrons. The van der Waals surface area contributed by atoms with Crippen LogP contribution in [0.5, 0.6) is 0 Å². The molecular formula is C41H62N6O9. The van der Waals surface area contributed by atoms with Gasteiger partial charge in [-0.1, -0.05) is 69.7 Å². The van der Waals surface area contributed by atoms with Crippen molar-refractivity contribution in [1.82, 2.24) is 31.1 Å². The number of carbonyl (C=O) groups excluding carboxylic acids is 7. The van der Waals surface area contributed by atoms with Gasteiger partial charge >= 0.3 is 5.97 Å². The zero-order valence-corrected chi connectivity index (χ0v) is 34.7. The number of nitrogens with one attached hydrogen (secondary N) is 4. The molecule has 0 radical (unpaired) electrons. The Morgan fingerprint density at radius 3 is 2.09 bits per heavy atom. The van der Waals surface area contributed by atoms with Gasteiger partial charge in [-0.05, 0) is 65.0 Å². The first-order valence-corrected chi connectivity index (χ1v) is 19.2. The van der Waals surface area contributed by atoms with E-state index in [1.54, 1.807) is 58.0 Å². The van der Waals surface area contributed by atoms with Gasteiger partial charge in [0.15, 0.2) is 0 Å². The summed E-state index contributed by atoms with van der Waals surface area (Å²) in [5.41, 5.74) is 1.63. The Morgan fingerprint density at radius 1 is 0.893 bits per heavy atom. The molecule has 1 unspecified atom stereocenters. The standard InChI is InChI=1S/C41H62N6O9/c1-12-23(3)34-38(52)44-29(9)41(55)56-35(24(4)13-2)26(6)32(48)20-19-25(5)36(50)42-27(7)37(51)43-28(8)39(53)47(11)31(21-30-17-15-14-16-18-30)40(54)46(10)22-33(49)45-34/h13-19,23,26-29,31-32,34-35,48H,12,20-22H2,1-11H3,(H,42,50)(H,43,51)(H,44,52)(H,45,49)/b24-13+,25-19+/t23?,26-,27+,28-,29+,31+,32-,34-,35+/m0/s1. The van der Waals surface area contributed by atoms with E-state index < -0.39 is 96.3 Å². The number of esters is 1. The summed E-state index contributed by atoms with van der Waals surface area (Å²) in [6.07, 6.45) is 1.95. The predicted octanol–water partition coefficient (Wildman–Crippen LogP) is 1.78. The molecule has 15 heteroatoms. The average molecular weight is 783 g/mol. The van der Waals surface area contributed by atoms with Crippen LogP contribution < -0.4 is 21.3 Å². The van der Waals surface area contributed by atoms with Crippen LogP contribution in [-0.4, -0.2) is 119 Å². The Morgan fingerprint density at radius 2 is 1.50 bits per heavy atom. The quantitative estimate of drug-likeness (QED) is 0.218. The Kier molecular flexibility index (Phi) is 18.4. The predicted molar refractivity (Wildman–Crippen MR) is 211 cm³/mol. The van der Waals surface area contributed by atoms with Crippen LogP contribution in [0.4, 0.5) is 0 Å². The lowest BCUT2D eigenvalue weighted by atomic mass is 9.90. The Hall–Kier alpha value is -5.05. The third-order valence-electron chi connectivity index (χ3n) is 10.4. The van der Waals surface area contributed by atoms with Crippen LogP contribution in [0.2, 0.25) is 0 Å². The lowest BCUT2D eigenvalue weighted by molar-refractivity contribution is -0.155. The van der Waals surface area contributed by atoms with E-state index in [-0.39, 0.29) is 24.3 Å². The molecular weight excluding hydrogens is 720 g/mol. The van der Waals surface area contributed by atoms with Crippen LogP contribution in [0.25, 0.3) is 0 Å². The highest BCUT2D eigenvalue weighted by Crippen LogP contribution is 2.23. The van der Waals surface area contributed by atoms with Gasteiger partial charge in [0.05, 0.1) is 12.6 Å². The van der Waals surface area contributed by atoms with E-state index in [1.165, 1.54) is 57.7 Å². The van der Waals surface area contributed by atoms with Crippen molar-refractivity contribution in [1.29, 1.82) is 0 Å². The summed E-state index contributed by atoms with van der Waals surface area (Å²) < 4.78 is 5.84. The number of hydrogen-bond acceptors (Lipinski definition) is 9. The van der Waals surface area contributed by atoms with Gasteiger partial charge in [-0.15, -0.1) is 0 Å². The highest BCUT2D eigenvalue weighted by Gasteiger charge is 2.36. The number of aliphatic hydroxyl groups excluding tert-OH is 1. The van der Waals surface area contributed by atoms with Crippen molar-refractivity contribution in [3.63, 3.8) is 0 Å². The van der Waals surface area contributed by atoms with Gasteiger partial charge in [0.2, 0.25) is 35.4 Å². The summed E-state index contributed by atoms with van der Waals surface area (Å²) in [7, 11) is 2.85. The zero-order valence-electron chi connectivity index (χ0n) is 34.7. The number of amides is 6. The molecule has 0 bridgehead atoms. The van der Waals surface area contributed by atoms with Crippen molar-refractivity contribution in [2.24, 2.45) is 11.8 Å². The molecule has 0 fully saturated rings. The van der Waals surface area contributed by atoms with Crippen molar-refractivity contribution >= 4 is 41.4 Å². The minimum Gasteiger partial charge on any atom is -0.456 e. The molecule has 5 N–H and O–H groups in total. The SMILES string of the molecule is C/C=C(\C)[C@H]1OC(=O)[C@@H](C)NC(=O)[C@H](C(C)CC)NC(=O)CN(C)C(=O)[C@@H](Cc2ccccc2)N(C)C(=O)[C@H](C)NC(=O)[C@@H](C)NC(=O)/C(C)=C/C[C@H](O)[C@@H]1C. The number of allylic oxidation sites excluding steroid dienone is 1. The first-order valence-electron chi connectivity index (χ1n) is 19.2. The molecule has 0 saturated carbocycles. The summed E-state index contributed by atoms with van der Waals surface area (Å²) in [4.78, 5) is 96.7. The number of cyclic esters (lactones) is 1. The van der Waals surface area contributed by atoms with Crippen LogP contribution in [0.15, 0.2) is 53.6 Å². The van der Waals surface area contributed by atoms with Gasteiger partial charge in [-0.2, -0.15) is 0 Å². The molecule has 9 atom stereocenters. The number of hydrogen-bond donors (Lipinski definition) is 5. The molecule has 1 aliphatic rings. The molecule has 15 nitrogen and oxygen atoms in total. The number of rotatable bonds is 5. The maximum atomic E-state index is 14.0. The molecule has 1 aromatic carbocycles. The Balaban J connectivity index is 2.55. The van der Waals surface area contributed by atoms with Crippen LogP contribution >= 0.6 is 0 Å². The third kappa shape index (κ3) is 13.3. The summed E-state index contributed by atoms with van der Waals surface area (Å²) >= 11 is 0. The van der Waals surface area contributed by atoms with E-state index >= 15 is 0 Å². The molecule has 0 saturated heterocycles. The van der Waals surface area contributed by atoms with Crippen LogP contribution in [-0.2, 0) is 44.7 Å². The fraction of sp³-hybridized carbons (Fsp3) is 0.585. The van der Waals surface area contributed by atoms with Gasteiger partial charge < -0.3 is 40.9 Å². The van der Waals surface area contributed by atoms with Gasteiger partial charge in [0.1, 0.15) is 36.3 Å². The Labute approximate surface area is 331 Å². The Bertz CT molecular complexity index is 1630. The lowest BCUT2D eigenvalue weighted by Crippen LogP contribution is -2.58. The number of carbonyl (C=O) groups is 7. The maximum Gasteiger partial charge on any atom is 0.328 e. The molecule has 1 aliphatic heterocycles. The van der Waals surface area contributed by atoms with Crippen LogP contribution in [0, 0.1) is 11.8 Å². The highest BCUT2D eigenvalue weighted by atomic mass is 16.5. The van der Waals surface area contributed by atoms with E-state index in [9.17, 15) is 38.7 Å². The minimum absolute atomic E-state index is 0.0184. The number of nitrogens with zero attached hydrogens (tertiary/aromatic N) is 2. The summed E-state index contributed by atoms with van der Waals surface area (Å²) in [5.74, 6) is -5.39. The molecule has 0 aliphatic carbocycles. The largest absolute Gasteiger partial charge is 0.456 e. The van der Waals surface area contributed by atoms with E-state index in [2.05, 4.69) is 21.3 Å². The van der Waals surface area contributed by atoms with Gasteiger partial charge in [-0.25, -0.2) is 4.79 Å². The fourth-order valence-corrected chi connectivity index (χ4v) is 6.11. The van der Waals surface area contributed by atoms with Crippen molar-refractivity contribution in [2.75, 3.05) is 20.6 Å². The maximum absolute atomic E-state index is 14.0. The van der Waals surface area contributed by atoms with E-state index in [0.717, 1.165) is 5.56 Å². The summed E-state index contributed by atoms with van der Waals surface area (Å²) in [6, 6.07) is 3.57. The molecule has 2 rings (SSSR count). The number of benzene rings is 1. The first-order chi connectivity index (χ1) is 26.2. The number of likely N-dealkylation sites (N-methyl/N-ethyl adjacent to an activating group) is 2. The second-order valence-electron chi connectivity index (χ2n) is 14.9. The molecule has 0 aromatic heterocycles. The lowest BCUT2D eigenvalue weighted by Gasteiger charge is -2.33. The normalized spacial score (nSPS) is 29.6. The molecule has 1 heterocycles. The van der Waals surface area contributed by atoms with E-state index in [1.807, 2.05) is 13.0 Å². The van der Waals surface area contributed by atoms with Crippen molar-refractivity contribution in [2.45, 2.75) is 124 Å². The van der Waals surface area contributed by atoms with Crippen molar-refractivity contribution < 1.29 is 43.4 Å². The second-order valence-corrected chi connectivity index (χ2v) is 14.9. The van der Waals surface area contributed by atoms with E-state index in [0.29, 0.717) is 12.0 Å². The first kappa shape index (κ1) is 47.1. The smallest absolute Gasteiger partial charge is 0.328 e. The van der Waals surface area contributed by atoms with Crippen molar-refractivity contribution in [3.05, 3.63) is 59.2 Å². The monoisotopic (exact) mass is 782 g/mol. The fourth-order valence-electron chi connectivity index (χ4n) is 6.11. The highest BCUT2D eigenvalue weighted by molar-refractivity contribution is 5.98. The topological polar surface area (TPSA) is 204 Å². The van der Waals surface area contributed by atoms with Gasteiger partial charge in [-0.3, -0.25) is 28.8 Å². The van der Waals surface area contributed by atoms with Gasteiger partial charge in [0.25, 0.3) is 0 Å². The molecule has 56 heavy (non-hydrogen) atoms. The zero-order chi connectivity index (χ0) is 42.4. The summed E-state index contributed by atoms with van der Waals surface area (Å²) in [6.45, 7) is 14.3. The van der Waals surface area contributed by atoms with E-state index in [4.69, 9.17) is 4.74 Å². The third-order valence-corrected chi connectivity index (χ3v) is 10.4. The molecule has 6 amide bonds. The number of aliphatic hydroxyl groups is 1. The molecule has 0 spiro atoms. The van der Waals surface area contributed by atoms with Gasteiger partial charge in [0, 0.05) is 32.0 Å².